The molecule has 0 heterocycles. The average molecular weight is 180 g/mol. The van der Waals surface area contributed by atoms with E-state index in [0.717, 1.165) is 19.4 Å². The number of rotatable bonds is 5. The molecule has 0 spiro atoms. The molecule has 0 unspecified atom stereocenters. The summed E-state index contributed by atoms with van der Waals surface area (Å²) in [7, 11) is 0. The maximum atomic E-state index is 10.8. The van der Waals surface area contributed by atoms with Gasteiger partial charge < -0.3 is 5.32 Å². The molecule has 0 radical (unpaired) electrons. The number of hydrogen-bond acceptors (Lipinski definition) is 1. The van der Waals surface area contributed by atoms with Gasteiger partial charge in [-0.25, -0.2) is 0 Å². The predicted octanol–water partition coefficient (Wildman–Crippen LogP) is 2.12. The summed E-state index contributed by atoms with van der Waals surface area (Å²) in [4.78, 5) is 10.8. The van der Waals surface area contributed by atoms with E-state index < -0.39 is 0 Å². The Balaban J connectivity index is 0. The standard InChI is InChI=1S/C8H17NO.ClH/c1-3-5-6-7-8(10)9-4-2;/h3-7H2,1-2H3,(H,9,10);1H. The zero-order chi connectivity index (χ0) is 7.82. The first-order valence-electron chi connectivity index (χ1n) is 4.08. The van der Waals surface area contributed by atoms with E-state index in [4.69, 9.17) is 0 Å². The Morgan fingerprint density at radius 2 is 1.91 bits per heavy atom. The van der Waals surface area contributed by atoms with E-state index in [9.17, 15) is 4.79 Å². The van der Waals surface area contributed by atoms with Gasteiger partial charge in [0.2, 0.25) is 5.91 Å². The fraction of sp³-hybridized carbons (Fsp3) is 0.875. The fourth-order valence-electron chi connectivity index (χ4n) is 0.821. The molecule has 68 valence electrons. The van der Waals surface area contributed by atoms with Crippen molar-refractivity contribution in [2.24, 2.45) is 0 Å². The number of carbonyl (C=O) groups excluding carboxylic acids is 1. The van der Waals surface area contributed by atoms with Crippen LogP contribution in [0.2, 0.25) is 0 Å². The molecular weight excluding hydrogens is 162 g/mol. The van der Waals surface area contributed by atoms with Crippen molar-refractivity contribution in [3.63, 3.8) is 0 Å². The third-order valence-corrected chi connectivity index (χ3v) is 1.38. The largest absolute Gasteiger partial charge is 0.356 e. The number of hydrogen-bond donors (Lipinski definition) is 1. The highest BCUT2D eigenvalue weighted by Gasteiger charge is 1.96. The molecule has 3 heteroatoms. The minimum Gasteiger partial charge on any atom is -0.356 e. The monoisotopic (exact) mass is 179 g/mol. The van der Waals surface area contributed by atoms with Gasteiger partial charge in [0.05, 0.1) is 0 Å². The smallest absolute Gasteiger partial charge is 0.219 e. The SMILES string of the molecule is CCCCCC(=O)NCC.Cl. The van der Waals surface area contributed by atoms with E-state index >= 15 is 0 Å². The molecule has 0 fully saturated rings. The van der Waals surface area contributed by atoms with Gasteiger partial charge in [0.25, 0.3) is 0 Å². The van der Waals surface area contributed by atoms with Crippen LogP contribution in [-0.2, 0) is 4.79 Å². The summed E-state index contributed by atoms with van der Waals surface area (Å²) in [6.07, 6.45) is 4.07. The van der Waals surface area contributed by atoms with Crippen molar-refractivity contribution in [1.29, 1.82) is 0 Å². The predicted molar refractivity (Wildman–Crippen MR) is 50.1 cm³/mol. The molecule has 1 N–H and O–H groups in total. The molecule has 0 aromatic rings. The van der Waals surface area contributed by atoms with Crippen LogP contribution in [0.1, 0.15) is 39.5 Å². The summed E-state index contributed by atoms with van der Waals surface area (Å²) in [6.45, 7) is 4.83. The first kappa shape index (κ1) is 13.4. The molecule has 2 nitrogen and oxygen atoms in total. The maximum absolute atomic E-state index is 10.8. The Labute approximate surface area is 75.2 Å². The number of carbonyl (C=O) groups is 1. The molecule has 1 amide bonds. The van der Waals surface area contributed by atoms with Crippen LogP contribution >= 0.6 is 12.4 Å². The van der Waals surface area contributed by atoms with Crippen LogP contribution in [0.4, 0.5) is 0 Å². The Morgan fingerprint density at radius 1 is 1.27 bits per heavy atom. The van der Waals surface area contributed by atoms with Gasteiger partial charge in [0.1, 0.15) is 0 Å². The van der Waals surface area contributed by atoms with Crippen LogP contribution in [0.3, 0.4) is 0 Å². The van der Waals surface area contributed by atoms with Crippen LogP contribution in [0.25, 0.3) is 0 Å². The summed E-state index contributed by atoms with van der Waals surface area (Å²) in [5.41, 5.74) is 0. The van der Waals surface area contributed by atoms with Crippen molar-refractivity contribution in [3.05, 3.63) is 0 Å². The molecule has 0 aromatic heterocycles. The molecule has 0 aliphatic heterocycles. The van der Waals surface area contributed by atoms with Gasteiger partial charge in [0.15, 0.2) is 0 Å². The van der Waals surface area contributed by atoms with Gasteiger partial charge >= 0.3 is 0 Å². The molecule has 0 atom stereocenters. The molecule has 0 aliphatic carbocycles. The number of halogens is 1. The van der Waals surface area contributed by atoms with E-state index in [0.29, 0.717) is 6.42 Å². The minimum atomic E-state index is 0. The highest BCUT2D eigenvalue weighted by atomic mass is 35.5. The zero-order valence-electron chi connectivity index (χ0n) is 7.35. The third-order valence-electron chi connectivity index (χ3n) is 1.38. The first-order chi connectivity index (χ1) is 4.81. The van der Waals surface area contributed by atoms with Gasteiger partial charge in [-0.1, -0.05) is 19.8 Å². The van der Waals surface area contributed by atoms with Gasteiger partial charge in [-0.05, 0) is 13.3 Å². The lowest BCUT2D eigenvalue weighted by molar-refractivity contribution is -0.121. The lowest BCUT2D eigenvalue weighted by atomic mass is 10.2. The van der Waals surface area contributed by atoms with Gasteiger partial charge in [0, 0.05) is 13.0 Å². The number of unbranched alkanes of at least 4 members (excludes halogenated alkanes) is 2. The summed E-state index contributed by atoms with van der Waals surface area (Å²) >= 11 is 0. The van der Waals surface area contributed by atoms with E-state index in [1.807, 2.05) is 6.92 Å². The molecular formula is C8H18ClNO. The van der Waals surface area contributed by atoms with Crippen LogP contribution < -0.4 is 5.32 Å². The summed E-state index contributed by atoms with van der Waals surface area (Å²) < 4.78 is 0. The summed E-state index contributed by atoms with van der Waals surface area (Å²) in [6, 6.07) is 0. The van der Waals surface area contributed by atoms with Crippen molar-refractivity contribution < 1.29 is 4.79 Å². The van der Waals surface area contributed by atoms with Crippen molar-refractivity contribution in [3.8, 4) is 0 Å². The molecule has 11 heavy (non-hydrogen) atoms. The highest BCUT2D eigenvalue weighted by Crippen LogP contribution is 1.97. The molecule has 0 saturated heterocycles. The van der Waals surface area contributed by atoms with Crippen molar-refractivity contribution in [2.45, 2.75) is 39.5 Å². The lowest BCUT2D eigenvalue weighted by Gasteiger charge is -1.99. The molecule has 0 aliphatic rings. The first-order valence-corrected chi connectivity index (χ1v) is 4.08. The summed E-state index contributed by atoms with van der Waals surface area (Å²) in [5.74, 6) is 0.191. The second-order valence-electron chi connectivity index (χ2n) is 2.41. The Bertz CT molecular complexity index is 96.1. The fourth-order valence-corrected chi connectivity index (χ4v) is 0.821. The quantitative estimate of drug-likeness (QED) is 0.644. The van der Waals surface area contributed by atoms with E-state index in [-0.39, 0.29) is 18.3 Å². The molecule has 0 rings (SSSR count). The van der Waals surface area contributed by atoms with E-state index in [2.05, 4.69) is 12.2 Å². The molecule has 0 bridgehead atoms. The van der Waals surface area contributed by atoms with E-state index in [1.54, 1.807) is 0 Å². The second kappa shape index (κ2) is 9.76. The van der Waals surface area contributed by atoms with Gasteiger partial charge in [-0.2, -0.15) is 0 Å². The lowest BCUT2D eigenvalue weighted by Crippen LogP contribution is -2.21. The third kappa shape index (κ3) is 9.76. The van der Waals surface area contributed by atoms with Crippen LogP contribution in [-0.4, -0.2) is 12.5 Å². The normalized spacial score (nSPS) is 8.55. The zero-order valence-corrected chi connectivity index (χ0v) is 8.17. The van der Waals surface area contributed by atoms with Crippen molar-refractivity contribution in [2.75, 3.05) is 6.54 Å². The van der Waals surface area contributed by atoms with Gasteiger partial charge in [-0.15, -0.1) is 12.4 Å². The number of amides is 1. The Hall–Kier alpha value is -0.240. The topological polar surface area (TPSA) is 29.1 Å². The van der Waals surface area contributed by atoms with E-state index in [1.165, 1.54) is 6.42 Å². The van der Waals surface area contributed by atoms with Crippen LogP contribution in [0.15, 0.2) is 0 Å². The average Bonchev–Trinajstić information content (AvgIpc) is 1.89. The second-order valence-corrected chi connectivity index (χ2v) is 2.41. The number of nitrogens with one attached hydrogen (secondary N) is 1. The van der Waals surface area contributed by atoms with Crippen molar-refractivity contribution in [1.82, 2.24) is 5.32 Å². The highest BCUT2D eigenvalue weighted by molar-refractivity contribution is 5.85. The van der Waals surface area contributed by atoms with Crippen molar-refractivity contribution >= 4 is 18.3 Å². The van der Waals surface area contributed by atoms with Gasteiger partial charge in [-0.3, -0.25) is 4.79 Å². The summed E-state index contributed by atoms with van der Waals surface area (Å²) in [5, 5.41) is 2.77. The molecule has 0 saturated carbocycles. The Morgan fingerprint density at radius 3 is 2.36 bits per heavy atom. The maximum Gasteiger partial charge on any atom is 0.219 e. The van der Waals surface area contributed by atoms with Crippen LogP contribution in [0.5, 0.6) is 0 Å². The minimum absolute atomic E-state index is 0. The Kier molecular flexibility index (Phi) is 11.9. The van der Waals surface area contributed by atoms with Crippen LogP contribution in [0, 0.1) is 0 Å². The molecule has 0 aromatic carbocycles.